The van der Waals surface area contributed by atoms with Gasteiger partial charge in [-0.05, 0) is 11.6 Å². The van der Waals surface area contributed by atoms with E-state index in [1.165, 1.54) is 12.1 Å². The number of hydrogen-bond acceptors (Lipinski definition) is 3. The number of piperazine rings is 1. The predicted octanol–water partition coefficient (Wildman–Crippen LogP) is 3.01. The first kappa shape index (κ1) is 18.8. The van der Waals surface area contributed by atoms with Gasteiger partial charge in [0.1, 0.15) is 5.82 Å². The van der Waals surface area contributed by atoms with Crippen LogP contribution in [0.3, 0.4) is 0 Å². The molecule has 1 aromatic heterocycles. The highest BCUT2D eigenvalue weighted by Gasteiger charge is 2.31. The molecule has 8 heteroatoms. The Kier molecular flexibility index (Phi) is 5.90. The number of nitrogens with one attached hydrogen (secondary N) is 1. The largest absolute Gasteiger partial charge is 0.416 e. The van der Waals surface area contributed by atoms with Gasteiger partial charge in [0.25, 0.3) is 0 Å². The van der Waals surface area contributed by atoms with Gasteiger partial charge in [-0.15, -0.1) is 12.4 Å². The van der Waals surface area contributed by atoms with E-state index in [1.54, 1.807) is 12.3 Å². The fraction of sp³-hybridized carbons (Fsp3) is 0.438. The molecule has 1 unspecified atom stereocenters. The second kappa shape index (κ2) is 7.55. The smallest absolute Gasteiger partial charge is 0.337 e. The molecule has 0 bridgehead atoms. The van der Waals surface area contributed by atoms with Crippen molar-refractivity contribution >= 4 is 12.4 Å². The highest BCUT2D eigenvalue weighted by Crippen LogP contribution is 2.30. The lowest BCUT2D eigenvalue weighted by atomic mass is 10.1. The summed E-state index contributed by atoms with van der Waals surface area (Å²) in [6.45, 7) is 2.81. The van der Waals surface area contributed by atoms with Crippen LogP contribution >= 0.6 is 12.4 Å². The van der Waals surface area contributed by atoms with Gasteiger partial charge in [-0.3, -0.25) is 4.90 Å². The zero-order valence-corrected chi connectivity index (χ0v) is 14.1. The quantitative estimate of drug-likeness (QED) is 0.913. The van der Waals surface area contributed by atoms with Gasteiger partial charge in [0.15, 0.2) is 0 Å². The van der Waals surface area contributed by atoms with Gasteiger partial charge in [0.05, 0.1) is 11.6 Å². The minimum atomic E-state index is -4.31. The van der Waals surface area contributed by atoms with Crippen LogP contribution in [0, 0.1) is 0 Å². The number of rotatable bonds is 3. The normalized spacial score (nSPS) is 19.1. The molecule has 0 amide bonds. The first-order valence-corrected chi connectivity index (χ1v) is 7.53. The molecule has 0 saturated carbocycles. The van der Waals surface area contributed by atoms with Crippen LogP contribution < -0.4 is 5.32 Å². The molecular formula is C16H20ClF3N4. The summed E-state index contributed by atoms with van der Waals surface area (Å²) in [4.78, 5) is 6.56. The van der Waals surface area contributed by atoms with Crippen LogP contribution in [0.25, 0.3) is 0 Å². The van der Waals surface area contributed by atoms with E-state index in [1.807, 2.05) is 17.8 Å². The van der Waals surface area contributed by atoms with E-state index in [0.29, 0.717) is 12.1 Å². The Balaban J connectivity index is 0.00000208. The SMILES string of the molecule is Cl.Cn1ccnc1C1CNCCN1Cc1cccc(C(F)(F)F)c1. The van der Waals surface area contributed by atoms with Gasteiger partial charge >= 0.3 is 6.18 Å². The molecule has 3 rings (SSSR count). The zero-order valence-electron chi connectivity index (χ0n) is 13.3. The molecule has 132 valence electrons. The van der Waals surface area contributed by atoms with E-state index in [2.05, 4.69) is 15.2 Å². The topological polar surface area (TPSA) is 33.1 Å². The highest BCUT2D eigenvalue weighted by atomic mass is 35.5. The molecule has 1 aliphatic heterocycles. The molecule has 2 heterocycles. The van der Waals surface area contributed by atoms with Gasteiger partial charge < -0.3 is 9.88 Å². The average Bonchev–Trinajstić information content (AvgIpc) is 2.93. The van der Waals surface area contributed by atoms with Crippen LogP contribution in [0.2, 0.25) is 0 Å². The van der Waals surface area contributed by atoms with Crippen LogP contribution in [0.4, 0.5) is 13.2 Å². The molecule has 24 heavy (non-hydrogen) atoms. The van der Waals surface area contributed by atoms with E-state index in [-0.39, 0.29) is 18.4 Å². The van der Waals surface area contributed by atoms with E-state index < -0.39 is 11.7 Å². The summed E-state index contributed by atoms with van der Waals surface area (Å²) in [5.74, 6) is 0.921. The van der Waals surface area contributed by atoms with Gasteiger partial charge in [0, 0.05) is 45.6 Å². The molecule has 1 fully saturated rings. The highest BCUT2D eigenvalue weighted by molar-refractivity contribution is 5.85. The molecule has 2 aromatic rings. The van der Waals surface area contributed by atoms with Crippen LogP contribution in [0.1, 0.15) is 23.0 Å². The van der Waals surface area contributed by atoms with Gasteiger partial charge in [-0.25, -0.2) is 4.98 Å². The molecule has 1 atom stereocenters. The number of benzene rings is 1. The number of nitrogens with zero attached hydrogens (tertiary/aromatic N) is 3. The van der Waals surface area contributed by atoms with Crippen molar-refractivity contribution in [2.45, 2.75) is 18.8 Å². The Morgan fingerprint density at radius 1 is 1.33 bits per heavy atom. The molecule has 0 spiro atoms. The first-order chi connectivity index (χ1) is 10.9. The summed E-state index contributed by atoms with van der Waals surface area (Å²) in [5, 5.41) is 3.33. The summed E-state index contributed by atoms with van der Waals surface area (Å²) >= 11 is 0. The summed E-state index contributed by atoms with van der Waals surface area (Å²) in [5.41, 5.74) is 0.0691. The first-order valence-electron chi connectivity index (χ1n) is 7.53. The second-order valence-corrected chi connectivity index (χ2v) is 5.78. The lowest BCUT2D eigenvalue weighted by Gasteiger charge is -2.35. The number of imidazole rings is 1. The molecule has 0 aliphatic carbocycles. The van der Waals surface area contributed by atoms with Gasteiger partial charge in [-0.1, -0.05) is 18.2 Å². The number of alkyl halides is 3. The molecule has 1 aromatic carbocycles. The minimum absolute atomic E-state index is 0. The Morgan fingerprint density at radius 2 is 2.12 bits per heavy atom. The number of hydrogen-bond donors (Lipinski definition) is 1. The number of aromatic nitrogens is 2. The minimum Gasteiger partial charge on any atom is -0.337 e. The van der Waals surface area contributed by atoms with Crippen molar-refractivity contribution < 1.29 is 13.2 Å². The van der Waals surface area contributed by atoms with Crippen LogP contribution in [0.15, 0.2) is 36.7 Å². The van der Waals surface area contributed by atoms with Gasteiger partial charge in [-0.2, -0.15) is 13.2 Å². The maximum Gasteiger partial charge on any atom is 0.416 e. The Labute approximate surface area is 145 Å². The fourth-order valence-electron chi connectivity index (χ4n) is 2.97. The molecular weight excluding hydrogens is 341 g/mol. The third-order valence-corrected chi connectivity index (χ3v) is 4.15. The summed E-state index contributed by atoms with van der Waals surface area (Å²) in [6.07, 6.45) is -0.683. The zero-order chi connectivity index (χ0) is 16.4. The summed E-state index contributed by atoms with van der Waals surface area (Å²) < 4.78 is 40.5. The third-order valence-electron chi connectivity index (χ3n) is 4.15. The lowest BCUT2D eigenvalue weighted by molar-refractivity contribution is -0.137. The monoisotopic (exact) mass is 360 g/mol. The van der Waals surface area contributed by atoms with Crippen molar-refractivity contribution in [1.29, 1.82) is 0 Å². The van der Waals surface area contributed by atoms with Crippen molar-refractivity contribution in [3.05, 3.63) is 53.6 Å². The van der Waals surface area contributed by atoms with Crippen molar-refractivity contribution in [3.8, 4) is 0 Å². The lowest BCUT2D eigenvalue weighted by Crippen LogP contribution is -2.46. The molecule has 1 aliphatic rings. The van der Waals surface area contributed by atoms with E-state index >= 15 is 0 Å². The van der Waals surface area contributed by atoms with Crippen molar-refractivity contribution in [2.24, 2.45) is 7.05 Å². The van der Waals surface area contributed by atoms with Crippen molar-refractivity contribution in [1.82, 2.24) is 19.8 Å². The standard InChI is InChI=1S/C16H19F3N4.ClH/c1-22-7-6-21-15(22)14-10-20-5-8-23(14)11-12-3-2-4-13(9-12)16(17,18)19;/h2-4,6-7,9,14,20H,5,8,10-11H2,1H3;1H. The Bertz CT molecular complexity index is 671. The Morgan fingerprint density at radius 3 is 2.79 bits per heavy atom. The summed E-state index contributed by atoms with van der Waals surface area (Å²) in [6, 6.07) is 5.61. The molecule has 1 N–H and O–H groups in total. The van der Waals surface area contributed by atoms with Gasteiger partial charge in [0.2, 0.25) is 0 Å². The predicted molar refractivity (Wildman–Crippen MR) is 87.9 cm³/mol. The summed E-state index contributed by atoms with van der Waals surface area (Å²) in [7, 11) is 1.93. The maximum absolute atomic E-state index is 12.9. The average molecular weight is 361 g/mol. The van der Waals surface area contributed by atoms with Crippen LogP contribution in [-0.4, -0.2) is 34.1 Å². The van der Waals surface area contributed by atoms with Crippen LogP contribution in [0.5, 0.6) is 0 Å². The fourth-order valence-corrected chi connectivity index (χ4v) is 2.97. The van der Waals surface area contributed by atoms with E-state index in [9.17, 15) is 13.2 Å². The molecule has 1 saturated heterocycles. The second-order valence-electron chi connectivity index (χ2n) is 5.78. The maximum atomic E-state index is 12.9. The Hall–Kier alpha value is -1.57. The molecule has 4 nitrogen and oxygen atoms in total. The number of aryl methyl sites for hydroxylation is 1. The third kappa shape index (κ3) is 4.09. The number of halogens is 4. The van der Waals surface area contributed by atoms with Crippen molar-refractivity contribution in [2.75, 3.05) is 19.6 Å². The van der Waals surface area contributed by atoms with Crippen molar-refractivity contribution in [3.63, 3.8) is 0 Å². The van der Waals surface area contributed by atoms with E-state index in [4.69, 9.17) is 0 Å². The van der Waals surface area contributed by atoms with Crippen LogP contribution in [-0.2, 0) is 19.8 Å². The molecule has 0 radical (unpaired) electrons. The van der Waals surface area contributed by atoms with E-state index in [0.717, 1.165) is 31.5 Å².